The molecule has 0 fully saturated rings. The summed E-state index contributed by atoms with van der Waals surface area (Å²) in [5.41, 5.74) is 6.68. The van der Waals surface area contributed by atoms with Crippen molar-refractivity contribution in [2.24, 2.45) is 5.92 Å². The third kappa shape index (κ3) is 3.96. The van der Waals surface area contributed by atoms with E-state index in [2.05, 4.69) is 13.8 Å². The van der Waals surface area contributed by atoms with E-state index < -0.39 is 0 Å². The van der Waals surface area contributed by atoms with E-state index >= 15 is 0 Å². The van der Waals surface area contributed by atoms with Gasteiger partial charge in [0.1, 0.15) is 0 Å². The maximum absolute atomic E-state index is 5.89. The Morgan fingerprint density at radius 3 is 2.53 bits per heavy atom. The van der Waals surface area contributed by atoms with Gasteiger partial charge in [-0.05, 0) is 24.1 Å². The third-order valence-corrected chi connectivity index (χ3v) is 4.16. The highest BCUT2D eigenvalue weighted by atomic mass is 35.5. The molecule has 0 bridgehead atoms. The van der Waals surface area contributed by atoms with Gasteiger partial charge in [0, 0.05) is 21.4 Å². The molecule has 1 aromatic carbocycles. The predicted molar refractivity (Wildman–Crippen MR) is 70.7 cm³/mol. The zero-order valence-electron chi connectivity index (χ0n) is 9.29. The van der Waals surface area contributed by atoms with E-state index in [1.54, 1.807) is 0 Å². The van der Waals surface area contributed by atoms with Gasteiger partial charge in [-0.3, -0.25) is 0 Å². The Morgan fingerprint density at radius 2 is 2.00 bits per heavy atom. The van der Waals surface area contributed by atoms with Crippen molar-refractivity contribution in [2.75, 3.05) is 11.5 Å². The van der Waals surface area contributed by atoms with Gasteiger partial charge in [-0.1, -0.05) is 38.3 Å². The lowest BCUT2D eigenvalue weighted by atomic mass is 10.1. The smallest absolute Gasteiger partial charge is 0.0467 e. The molecule has 0 spiro atoms. The summed E-state index contributed by atoms with van der Waals surface area (Å²) in [7, 11) is 0. The van der Waals surface area contributed by atoms with Gasteiger partial charge >= 0.3 is 0 Å². The Morgan fingerprint density at radius 1 is 1.33 bits per heavy atom. The van der Waals surface area contributed by atoms with Gasteiger partial charge in [-0.25, -0.2) is 0 Å². The molecule has 0 saturated carbocycles. The van der Waals surface area contributed by atoms with Crippen LogP contribution in [0.25, 0.3) is 0 Å². The molecule has 15 heavy (non-hydrogen) atoms. The van der Waals surface area contributed by atoms with Crippen molar-refractivity contribution in [3.05, 3.63) is 23.2 Å². The van der Waals surface area contributed by atoms with Crippen LogP contribution >= 0.6 is 23.4 Å². The lowest BCUT2D eigenvalue weighted by Gasteiger charge is -2.12. The van der Waals surface area contributed by atoms with Crippen LogP contribution in [0.1, 0.15) is 26.7 Å². The molecule has 0 heterocycles. The SMILES string of the molecule is CCC(CC)CSc1ccc(Cl)cc1N. The quantitative estimate of drug-likeness (QED) is 0.611. The molecule has 84 valence electrons. The van der Waals surface area contributed by atoms with E-state index in [0.717, 1.165) is 22.3 Å². The van der Waals surface area contributed by atoms with Gasteiger partial charge in [0.25, 0.3) is 0 Å². The minimum absolute atomic E-state index is 0.708. The van der Waals surface area contributed by atoms with Gasteiger partial charge in [-0.2, -0.15) is 0 Å². The van der Waals surface area contributed by atoms with Crippen molar-refractivity contribution in [3.63, 3.8) is 0 Å². The monoisotopic (exact) mass is 243 g/mol. The molecule has 0 aliphatic carbocycles. The Balaban J connectivity index is 2.57. The molecular formula is C12H18ClNS. The Hall–Kier alpha value is -0.340. The highest BCUT2D eigenvalue weighted by Crippen LogP contribution is 2.30. The van der Waals surface area contributed by atoms with Crippen molar-refractivity contribution in [3.8, 4) is 0 Å². The normalized spacial score (nSPS) is 10.9. The number of halogens is 1. The molecule has 0 radical (unpaired) electrons. The Bertz CT molecular complexity index is 310. The van der Waals surface area contributed by atoms with Gasteiger partial charge < -0.3 is 5.73 Å². The van der Waals surface area contributed by atoms with Crippen LogP contribution in [0.5, 0.6) is 0 Å². The number of rotatable bonds is 5. The van der Waals surface area contributed by atoms with Crippen LogP contribution in [0.2, 0.25) is 5.02 Å². The first-order valence-electron chi connectivity index (χ1n) is 5.35. The van der Waals surface area contributed by atoms with Crippen LogP contribution in [0.3, 0.4) is 0 Å². The summed E-state index contributed by atoms with van der Waals surface area (Å²) < 4.78 is 0. The predicted octanol–water partition coefficient (Wildman–Crippen LogP) is 4.45. The first-order valence-corrected chi connectivity index (χ1v) is 6.71. The molecule has 2 N–H and O–H groups in total. The van der Waals surface area contributed by atoms with Crippen molar-refractivity contribution in [2.45, 2.75) is 31.6 Å². The summed E-state index contributed by atoms with van der Waals surface area (Å²) in [6.45, 7) is 4.47. The molecule has 0 aromatic heterocycles. The second kappa shape index (κ2) is 6.29. The largest absolute Gasteiger partial charge is 0.398 e. The highest BCUT2D eigenvalue weighted by molar-refractivity contribution is 7.99. The topological polar surface area (TPSA) is 26.0 Å². The fourth-order valence-corrected chi connectivity index (χ4v) is 2.84. The van der Waals surface area contributed by atoms with Gasteiger partial charge in [0.15, 0.2) is 0 Å². The number of benzene rings is 1. The molecule has 1 rings (SSSR count). The first kappa shape index (κ1) is 12.7. The average molecular weight is 244 g/mol. The molecule has 1 aromatic rings. The zero-order valence-corrected chi connectivity index (χ0v) is 10.9. The summed E-state index contributed by atoms with van der Waals surface area (Å²) >= 11 is 7.67. The van der Waals surface area contributed by atoms with Crippen molar-refractivity contribution >= 4 is 29.1 Å². The third-order valence-electron chi connectivity index (χ3n) is 2.60. The maximum Gasteiger partial charge on any atom is 0.0467 e. The van der Waals surface area contributed by atoms with Crippen LogP contribution in [0, 0.1) is 5.92 Å². The van der Waals surface area contributed by atoms with Crippen LogP contribution in [0.15, 0.2) is 23.1 Å². The minimum atomic E-state index is 0.708. The number of hydrogen-bond donors (Lipinski definition) is 1. The average Bonchev–Trinajstić information content (AvgIpc) is 2.22. The molecule has 3 heteroatoms. The zero-order chi connectivity index (χ0) is 11.3. The van der Waals surface area contributed by atoms with E-state index in [1.165, 1.54) is 12.8 Å². The van der Waals surface area contributed by atoms with E-state index in [1.807, 2.05) is 30.0 Å². The molecule has 0 amide bonds. The first-order chi connectivity index (χ1) is 7.17. The van der Waals surface area contributed by atoms with E-state index in [0.29, 0.717) is 5.02 Å². The van der Waals surface area contributed by atoms with E-state index in [9.17, 15) is 0 Å². The van der Waals surface area contributed by atoms with Gasteiger partial charge in [0.05, 0.1) is 0 Å². The lowest BCUT2D eigenvalue weighted by Crippen LogP contribution is -2.00. The molecule has 0 unspecified atom stereocenters. The lowest BCUT2D eigenvalue weighted by molar-refractivity contribution is 0.554. The fraction of sp³-hybridized carbons (Fsp3) is 0.500. The summed E-state index contributed by atoms with van der Waals surface area (Å²) in [4.78, 5) is 1.14. The Labute approximate surface area is 101 Å². The standard InChI is InChI=1S/C12H18ClNS/c1-3-9(4-2)8-15-12-6-5-10(13)7-11(12)14/h5-7,9H,3-4,8,14H2,1-2H3. The van der Waals surface area contributed by atoms with E-state index in [-0.39, 0.29) is 0 Å². The van der Waals surface area contributed by atoms with Crippen LogP contribution in [-0.4, -0.2) is 5.75 Å². The number of nitrogens with two attached hydrogens (primary N) is 1. The molecule has 0 atom stereocenters. The maximum atomic E-state index is 5.89. The Kier molecular flexibility index (Phi) is 5.34. The molecule has 0 aliphatic rings. The second-order valence-electron chi connectivity index (χ2n) is 3.68. The molecule has 0 saturated heterocycles. The van der Waals surface area contributed by atoms with Gasteiger partial charge in [0.2, 0.25) is 0 Å². The van der Waals surface area contributed by atoms with Crippen molar-refractivity contribution in [1.29, 1.82) is 0 Å². The van der Waals surface area contributed by atoms with Crippen LogP contribution < -0.4 is 5.73 Å². The van der Waals surface area contributed by atoms with Crippen LogP contribution in [0.4, 0.5) is 5.69 Å². The van der Waals surface area contributed by atoms with Crippen molar-refractivity contribution < 1.29 is 0 Å². The second-order valence-corrected chi connectivity index (χ2v) is 5.17. The van der Waals surface area contributed by atoms with Crippen molar-refractivity contribution in [1.82, 2.24) is 0 Å². The number of anilines is 1. The molecule has 0 aliphatic heterocycles. The summed E-state index contributed by atoms with van der Waals surface area (Å²) in [5, 5.41) is 0.708. The number of hydrogen-bond acceptors (Lipinski definition) is 2. The summed E-state index contributed by atoms with van der Waals surface area (Å²) in [5.74, 6) is 1.92. The summed E-state index contributed by atoms with van der Waals surface area (Å²) in [6.07, 6.45) is 2.47. The van der Waals surface area contributed by atoms with E-state index in [4.69, 9.17) is 17.3 Å². The highest BCUT2D eigenvalue weighted by Gasteiger charge is 2.06. The number of nitrogen functional groups attached to an aromatic ring is 1. The molecular weight excluding hydrogens is 226 g/mol. The summed E-state index contributed by atoms with van der Waals surface area (Å²) in [6, 6.07) is 5.72. The van der Waals surface area contributed by atoms with Crippen LogP contribution in [-0.2, 0) is 0 Å². The molecule has 1 nitrogen and oxygen atoms in total. The fourth-order valence-electron chi connectivity index (χ4n) is 1.38. The van der Waals surface area contributed by atoms with Gasteiger partial charge in [-0.15, -0.1) is 11.8 Å². The number of thioether (sulfide) groups is 1. The minimum Gasteiger partial charge on any atom is -0.398 e.